The molecule has 0 fully saturated rings. The molecule has 0 bridgehead atoms. The number of hydrogen-bond acceptors (Lipinski definition) is 4. The first kappa shape index (κ1) is 15.1. The molecule has 0 unspecified atom stereocenters. The molecule has 0 spiro atoms. The number of hydrogen-bond donors (Lipinski definition) is 1. The standard InChI is InChI=1S/C12H14F3NO3/c1-18-9-5-3-8(4-6-9)16-10(12(13,14)15)7-11(17)19-2/h3-6,10,16H,7H2,1-2H3/t10-/m0/s1. The Morgan fingerprint density at radius 3 is 2.26 bits per heavy atom. The molecular formula is C12H14F3NO3. The molecule has 1 rings (SSSR count). The Morgan fingerprint density at radius 1 is 1.26 bits per heavy atom. The zero-order valence-electron chi connectivity index (χ0n) is 10.5. The maximum absolute atomic E-state index is 12.8. The Morgan fingerprint density at radius 2 is 1.84 bits per heavy atom. The molecule has 0 aliphatic heterocycles. The average Bonchev–Trinajstić information content (AvgIpc) is 2.37. The lowest BCUT2D eigenvalue weighted by Gasteiger charge is -2.21. The van der Waals surface area contributed by atoms with Crippen LogP contribution in [-0.2, 0) is 9.53 Å². The predicted octanol–water partition coefficient (Wildman–Crippen LogP) is 2.60. The van der Waals surface area contributed by atoms with Crippen LogP contribution in [-0.4, -0.2) is 32.4 Å². The summed E-state index contributed by atoms with van der Waals surface area (Å²) in [5, 5.41) is 2.25. The number of esters is 1. The van der Waals surface area contributed by atoms with Crippen LogP contribution in [0.15, 0.2) is 24.3 Å². The molecule has 1 atom stereocenters. The number of carbonyl (C=O) groups excluding carboxylic acids is 1. The maximum atomic E-state index is 12.8. The lowest BCUT2D eigenvalue weighted by Crippen LogP contribution is -2.38. The van der Waals surface area contributed by atoms with E-state index in [1.54, 1.807) is 0 Å². The minimum absolute atomic E-state index is 0.243. The molecule has 1 aromatic carbocycles. The first-order valence-electron chi connectivity index (χ1n) is 5.41. The van der Waals surface area contributed by atoms with Gasteiger partial charge in [-0.1, -0.05) is 0 Å². The molecule has 0 aliphatic rings. The molecule has 106 valence electrons. The largest absolute Gasteiger partial charge is 0.497 e. The van der Waals surface area contributed by atoms with Gasteiger partial charge >= 0.3 is 12.1 Å². The van der Waals surface area contributed by atoms with Crippen LogP contribution in [0.2, 0.25) is 0 Å². The molecule has 7 heteroatoms. The van der Waals surface area contributed by atoms with Gasteiger partial charge in [-0.05, 0) is 24.3 Å². The van der Waals surface area contributed by atoms with E-state index in [0.717, 1.165) is 7.11 Å². The van der Waals surface area contributed by atoms with E-state index in [1.807, 2.05) is 0 Å². The average molecular weight is 277 g/mol. The lowest BCUT2D eigenvalue weighted by molar-refractivity contribution is -0.159. The number of rotatable bonds is 5. The van der Waals surface area contributed by atoms with Crippen molar-refractivity contribution in [3.63, 3.8) is 0 Å². The van der Waals surface area contributed by atoms with E-state index in [4.69, 9.17) is 4.74 Å². The van der Waals surface area contributed by atoms with Crippen molar-refractivity contribution in [3.05, 3.63) is 24.3 Å². The molecule has 19 heavy (non-hydrogen) atoms. The van der Waals surface area contributed by atoms with Gasteiger partial charge in [-0.3, -0.25) is 4.79 Å². The summed E-state index contributed by atoms with van der Waals surface area (Å²) in [6.07, 6.45) is -5.33. The quantitative estimate of drug-likeness (QED) is 0.840. The summed E-state index contributed by atoms with van der Waals surface area (Å²) in [5.41, 5.74) is 0.243. The highest BCUT2D eigenvalue weighted by Gasteiger charge is 2.41. The molecule has 0 saturated carbocycles. The van der Waals surface area contributed by atoms with Gasteiger partial charge in [-0.25, -0.2) is 0 Å². The Bertz CT molecular complexity index is 417. The Labute approximate surface area is 108 Å². The number of anilines is 1. The smallest absolute Gasteiger partial charge is 0.409 e. The molecule has 0 heterocycles. The van der Waals surface area contributed by atoms with Gasteiger partial charge in [-0.2, -0.15) is 13.2 Å². The second kappa shape index (κ2) is 6.31. The second-order valence-corrected chi connectivity index (χ2v) is 3.75. The van der Waals surface area contributed by atoms with Crippen LogP contribution in [0.3, 0.4) is 0 Å². The minimum atomic E-state index is -4.55. The third kappa shape index (κ3) is 4.69. The van der Waals surface area contributed by atoms with E-state index in [2.05, 4.69) is 10.1 Å². The van der Waals surface area contributed by atoms with Gasteiger partial charge in [0.05, 0.1) is 20.6 Å². The molecule has 1 N–H and O–H groups in total. The fraction of sp³-hybridized carbons (Fsp3) is 0.417. The fourth-order valence-electron chi connectivity index (χ4n) is 1.39. The number of halogens is 3. The van der Waals surface area contributed by atoms with Crippen LogP contribution < -0.4 is 10.1 Å². The molecule has 0 aliphatic carbocycles. The number of alkyl halides is 3. The van der Waals surface area contributed by atoms with Crippen LogP contribution >= 0.6 is 0 Å². The van der Waals surface area contributed by atoms with Crippen molar-refractivity contribution < 1.29 is 27.4 Å². The zero-order valence-corrected chi connectivity index (χ0v) is 10.5. The van der Waals surface area contributed by atoms with Crippen molar-refractivity contribution in [3.8, 4) is 5.75 Å². The predicted molar refractivity (Wildman–Crippen MR) is 63.1 cm³/mol. The van der Waals surface area contributed by atoms with Gasteiger partial charge in [0.25, 0.3) is 0 Å². The molecule has 0 radical (unpaired) electrons. The molecule has 0 amide bonds. The van der Waals surface area contributed by atoms with E-state index in [1.165, 1.54) is 31.4 Å². The van der Waals surface area contributed by atoms with Gasteiger partial charge in [0, 0.05) is 5.69 Å². The van der Waals surface area contributed by atoms with Crippen LogP contribution in [0, 0.1) is 0 Å². The third-order valence-corrected chi connectivity index (χ3v) is 2.42. The van der Waals surface area contributed by atoms with Crippen molar-refractivity contribution in [2.45, 2.75) is 18.6 Å². The number of ether oxygens (including phenoxy) is 2. The summed E-state index contributed by atoms with van der Waals surface area (Å²) < 4.78 is 47.4. The number of benzene rings is 1. The van der Waals surface area contributed by atoms with Gasteiger partial charge in [0.1, 0.15) is 11.8 Å². The summed E-state index contributed by atoms with van der Waals surface area (Å²) in [4.78, 5) is 11.0. The first-order valence-corrected chi connectivity index (χ1v) is 5.41. The van der Waals surface area contributed by atoms with Crippen LogP contribution in [0.25, 0.3) is 0 Å². The Hall–Kier alpha value is -1.92. The Balaban J connectivity index is 2.78. The lowest BCUT2D eigenvalue weighted by atomic mass is 10.2. The van der Waals surface area contributed by atoms with E-state index >= 15 is 0 Å². The highest BCUT2D eigenvalue weighted by molar-refractivity contribution is 5.70. The molecule has 0 aromatic heterocycles. The topological polar surface area (TPSA) is 47.6 Å². The SMILES string of the molecule is COC(=O)C[C@H](Nc1ccc(OC)cc1)C(F)(F)F. The van der Waals surface area contributed by atoms with Crippen molar-refractivity contribution >= 4 is 11.7 Å². The van der Waals surface area contributed by atoms with Gasteiger partial charge in [0.2, 0.25) is 0 Å². The van der Waals surface area contributed by atoms with E-state index in [0.29, 0.717) is 5.75 Å². The number of methoxy groups -OCH3 is 2. The van der Waals surface area contributed by atoms with E-state index in [9.17, 15) is 18.0 Å². The normalized spacial score (nSPS) is 12.7. The van der Waals surface area contributed by atoms with E-state index in [-0.39, 0.29) is 5.69 Å². The van der Waals surface area contributed by atoms with Crippen molar-refractivity contribution in [1.82, 2.24) is 0 Å². The molecule has 1 aromatic rings. The highest BCUT2D eigenvalue weighted by atomic mass is 19.4. The summed E-state index contributed by atoms with van der Waals surface area (Å²) >= 11 is 0. The van der Waals surface area contributed by atoms with Crippen LogP contribution in [0.1, 0.15) is 6.42 Å². The summed E-state index contributed by atoms with van der Waals surface area (Å²) in [6.45, 7) is 0. The van der Waals surface area contributed by atoms with Crippen LogP contribution in [0.4, 0.5) is 18.9 Å². The maximum Gasteiger partial charge on any atom is 0.409 e. The van der Waals surface area contributed by atoms with E-state index < -0.39 is 24.6 Å². The van der Waals surface area contributed by atoms with Crippen molar-refractivity contribution in [1.29, 1.82) is 0 Å². The van der Waals surface area contributed by atoms with Gasteiger partial charge in [-0.15, -0.1) is 0 Å². The molecule has 4 nitrogen and oxygen atoms in total. The minimum Gasteiger partial charge on any atom is -0.497 e. The highest BCUT2D eigenvalue weighted by Crippen LogP contribution is 2.27. The molecule has 0 saturated heterocycles. The zero-order chi connectivity index (χ0) is 14.5. The van der Waals surface area contributed by atoms with Crippen molar-refractivity contribution in [2.75, 3.05) is 19.5 Å². The van der Waals surface area contributed by atoms with Gasteiger partial charge in [0.15, 0.2) is 0 Å². The first-order chi connectivity index (χ1) is 8.86. The summed E-state index contributed by atoms with van der Waals surface area (Å²) in [6, 6.07) is 3.93. The number of nitrogens with one attached hydrogen (secondary N) is 1. The Kier molecular flexibility index (Phi) is 5.02. The summed E-state index contributed by atoms with van der Waals surface area (Å²) in [7, 11) is 2.50. The molecular weight excluding hydrogens is 263 g/mol. The fourth-order valence-corrected chi connectivity index (χ4v) is 1.39. The second-order valence-electron chi connectivity index (χ2n) is 3.75. The third-order valence-electron chi connectivity index (χ3n) is 2.42. The summed E-state index contributed by atoms with van der Waals surface area (Å²) in [5.74, 6) is -0.398. The van der Waals surface area contributed by atoms with Crippen LogP contribution in [0.5, 0.6) is 5.75 Å². The monoisotopic (exact) mass is 277 g/mol. The van der Waals surface area contributed by atoms with Gasteiger partial charge < -0.3 is 14.8 Å². The number of carbonyl (C=O) groups is 1. The van der Waals surface area contributed by atoms with Crippen molar-refractivity contribution in [2.24, 2.45) is 0 Å².